The Kier molecular flexibility index (Phi) is 6.62. The number of quaternary nitrogens is 1. The zero-order valence-electron chi connectivity index (χ0n) is 17.9. The van der Waals surface area contributed by atoms with Crippen molar-refractivity contribution in [3.05, 3.63) is 65.5 Å². The van der Waals surface area contributed by atoms with E-state index in [1.54, 1.807) is 31.4 Å². The van der Waals surface area contributed by atoms with Gasteiger partial charge in [0.15, 0.2) is 5.78 Å². The van der Waals surface area contributed by atoms with Gasteiger partial charge in [0.2, 0.25) is 5.78 Å². The van der Waals surface area contributed by atoms with Crippen molar-refractivity contribution >= 4 is 17.5 Å². The lowest BCUT2D eigenvalue weighted by molar-refractivity contribution is -0.907. The molecule has 2 aliphatic heterocycles. The first-order valence-corrected chi connectivity index (χ1v) is 10.7. The largest absolute Gasteiger partial charge is 0.497 e. The van der Waals surface area contributed by atoms with Crippen molar-refractivity contribution in [2.75, 3.05) is 46.5 Å². The average Bonchev–Trinajstić information content (AvgIpc) is 3.08. The van der Waals surface area contributed by atoms with E-state index in [0.717, 1.165) is 13.1 Å². The molecule has 2 fully saturated rings. The summed E-state index contributed by atoms with van der Waals surface area (Å²) in [7, 11) is 1.55. The van der Waals surface area contributed by atoms with Crippen LogP contribution in [0, 0.1) is 11.7 Å². The molecule has 0 saturated carbocycles. The molecule has 2 unspecified atom stereocenters. The highest BCUT2D eigenvalue weighted by Gasteiger charge is 2.51. The van der Waals surface area contributed by atoms with Crippen molar-refractivity contribution in [1.29, 1.82) is 0 Å². The zero-order chi connectivity index (χ0) is 22.7. The number of benzene rings is 2. The van der Waals surface area contributed by atoms with Gasteiger partial charge in [-0.2, -0.15) is 0 Å². The number of methoxy groups -OCH3 is 1. The number of likely N-dealkylation sites (tertiary alicyclic amines) is 1. The minimum Gasteiger partial charge on any atom is -0.497 e. The Morgan fingerprint density at radius 1 is 1.09 bits per heavy atom. The molecule has 0 aromatic heterocycles. The van der Waals surface area contributed by atoms with Crippen LogP contribution in [0.4, 0.5) is 4.39 Å². The van der Waals surface area contributed by atoms with Crippen molar-refractivity contribution in [3.8, 4) is 5.75 Å². The number of morpholine rings is 1. The molecule has 8 heteroatoms. The molecule has 2 aromatic rings. The molecule has 0 spiro atoms. The maximum absolute atomic E-state index is 13.4. The lowest BCUT2D eigenvalue weighted by Gasteiger charge is -2.30. The third kappa shape index (κ3) is 4.42. The van der Waals surface area contributed by atoms with Crippen LogP contribution in [-0.4, -0.2) is 68.9 Å². The minimum absolute atomic E-state index is 0.205. The lowest BCUT2D eigenvalue weighted by atomic mass is 9.86. The van der Waals surface area contributed by atoms with Crippen LogP contribution in [0.25, 0.3) is 0 Å². The monoisotopic (exact) mass is 441 g/mol. The molecule has 32 heavy (non-hydrogen) atoms. The lowest BCUT2D eigenvalue weighted by Crippen LogP contribution is -3.14. The second-order valence-corrected chi connectivity index (χ2v) is 8.04. The van der Waals surface area contributed by atoms with Crippen molar-refractivity contribution < 1.29 is 33.1 Å². The molecule has 1 N–H and O–H groups in total. The summed E-state index contributed by atoms with van der Waals surface area (Å²) in [6, 6.07) is 11.4. The Bertz CT molecular complexity index is 986. The van der Waals surface area contributed by atoms with Crippen molar-refractivity contribution in [3.63, 3.8) is 0 Å². The standard InChI is InChI=1S/C24H25FN2O5/c1-31-19-8-4-16(5-9-19)21-20(22(28)17-2-6-18(25)7-3-17)23(29)24(30)27(21)11-10-26-12-14-32-15-13-26/h2-9,20-21H,10-15H2,1H3/p+1. The third-order valence-electron chi connectivity index (χ3n) is 6.18. The number of Topliss-reactive ketones (excluding diaryl/α,β-unsaturated/α-hetero) is 2. The molecule has 1 amide bonds. The number of nitrogens with one attached hydrogen (secondary N) is 1. The van der Waals surface area contributed by atoms with Crippen LogP contribution < -0.4 is 9.64 Å². The minimum atomic E-state index is -1.18. The third-order valence-corrected chi connectivity index (χ3v) is 6.18. The summed E-state index contributed by atoms with van der Waals surface area (Å²) in [6.45, 7) is 4.00. The topological polar surface area (TPSA) is 77.4 Å². The van der Waals surface area contributed by atoms with Gasteiger partial charge in [-0.3, -0.25) is 14.4 Å². The fourth-order valence-corrected chi connectivity index (χ4v) is 4.38. The van der Waals surface area contributed by atoms with Gasteiger partial charge in [0.1, 0.15) is 30.6 Å². The summed E-state index contributed by atoms with van der Waals surface area (Å²) in [4.78, 5) is 42.1. The predicted octanol–water partition coefficient (Wildman–Crippen LogP) is 0.701. The summed E-state index contributed by atoms with van der Waals surface area (Å²) in [5.74, 6) is -2.88. The highest BCUT2D eigenvalue weighted by atomic mass is 19.1. The number of halogens is 1. The molecule has 4 rings (SSSR count). The number of amides is 1. The van der Waals surface area contributed by atoms with E-state index in [1.165, 1.54) is 34.1 Å². The van der Waals surface area contributed by atoms with Gasteiger partial charge in [0.25, 0.3) is 5.91 Å². The van der Waals surface area contributed by atoms with Crippen LogP contribution in [-0.2, 0) is 14.3 Å². The highest BCUT2D eigenvalue weighted by molar-refractivity contribution is 6.44. The molecule has 0 radical (unpaired) electrons. The number of carbonyl (C=O) groups excluding carboxylic acids is 3. The number of ether oxygens (including phenoxy) is 2. The summed E-state index contributed by atoms with van der Waals surface area (Å²) < 4.78 is 24.0. The second kappa shape index (κ2) is 9.58. The smallest absolute Gasteiger partial charge is 0.291 e. The number of nitrogens with zero attached hydrogens (tertiary/aromatic N) is 1. The molecule has 168 valence electrons. The Morgan fingerprint density at radius 3 is 2.38 bits per heavy atom. The van der Waals surface area contributed by atoms with E-state index in [9.17, 15) is 18.8 Å². The Hall–Kier alpha value is -3.10. The average molecular weight is 441 g/mol. The highest BCUT2D eigenvalue weighted by Crippen LogP contribution is 2.38. The number of rotatable bonds is 7. The molecular weight excluding hydrogens is 415 g/mol. The molecule has 2 aromatic carbocycles. The van der Waals surface area contributed by atoms with Crippen LogP contribution in [0.5, 0.6) is 5.75 Å². The van der Waals surface area contributed by atoms with Crippen molar-refractivity contribution in [2.24, 2.45) is 5.92 Å². The van der Waals surface area contributed by atoms with Crippen LogP contribution in [0.3, 0.4) is 0 Å². The molecule has 2 saturated heterocycles. The van der Waals surface area contributed by atoms with Gasteiger partial charge < -0.3 is 19.3 Å². The number of ketones is 2. The number of hydrogen-bond acceptors (Lipinski definition) is 5. The molecule has 2 heterocycles. The SMILES string of the molecule is COc1ccc(C2C(C(=O)c3ccc(F)cc3)C(=O)C(=O)N2CC[NH+]2CCOCC2)cc1. The maximum atomic E-state index is 13.4. The molecule has 0 aliphatic carbocycles. The summed E-state index contributed by atoms with van der Waals surface area (Å²) >= 11 is 0. The summed E-state index contributed by atoms with van der Waals surface area (Å²) in [5.41, 5.74) is 0.888. The molecular formula is C24H26FN2O5+. The van der Waals surface area contributed by atoms with Crippen LogP contribution in [0.1, 0.15) is 22.0 Å². The molecule has 0 bridgehead atoms. The Balaban J connectivity index is 1.66. The van der Waals surface area contributed by atoms with Gasteiger partial charge in [-0.05, 0) is 42.0 Å². The quantitative estimate of drug-likeness (QED) is 0.389. The van der Waals surface area contributed by atoms with Crippen LogP contribution >= 0.6 is 0 Å². The predicted molar refractivity (Wildman–Crippen MR) is 113 cm³/mol. The fraction of sp³-hybridized carbons (Fsp3) is 0.375. The van der Waals surface area contributed by atoms with E-state index in [4.69, 9.17) is 9.47 Å². The second-order valence-electron chi connectivity index (χ2n) is 8.04. The molecule has 2 atom stereocenters. The summed E-state index contributed by atoms with van der Waals surface area (Å²) in [5, 5.41) is 0. The van der Waals surface area contributed by atoms with E-state index in [2.05, 4.69) is 0 Å². The van der Waals surface area contributed by atoms with Gasteiger partial charge in [-0.15, -0.1) is 0 Å². The van der Waals surface area contributed by atoms with Crippen LogP contribution in [0.15, 0.2) is 48.5 Å². The van der Waals surface area contributed by atoms with E-state index in [1.807, 2.05) is 0 Å². The van der Waals surface area contributed by atoms with Gasteiger partial charge in [-0.25, -0.2) is 4.39 Å². The Labute approximate surface area is 185 Å². The molecule has 7 nitrogen and oxygen atoms in total. The van der Waals surface area contributed by atoms with E-state index >= 15 is 0 Å². The van der Waals surface area contributed by atoms with E-state index in [0.29, 0.717) is 37.6 Å². The van der Waals surface area contributed by atoms with Gasteiger partial charge in [0, 0.05) is 5.56 Å². The number of hydrogen-bond donors (Lipinski definition) is 1. The van der Waals surface area contributed by atoms with Gasteiger partial charge >= 0.3 is 0 Å². The normalized spacial score (nSPS) is 21.8. The first kappa shape index (κ1) is 22.1. The maximum Gasteiger partial charge on any atom is 0.291 e. The van der Waals surface area contributed by atoms with Crippen molar-refractivity contribution in [2.45, 2.75) is 6.04 Å². The zero-order valence-corrected chi connectivity index (χ0v) is 17.9. The fourth-order valence-electron chi connectivity index (χ4n) is 4.38. The van der Waals surface area contributed by atoms with Gasteiger partial charge in [-0.1, -0.05) is 12.1 Å². The van der Waals surface area contributed by atoms with E-state index < -0.39 is 35.3 Å². The molecule has 2 aliphatic rings. The van der Waals surface area contributed by atoms with Crippen molar-refractivity contribution in [1.82, 2.24) is 4.90 Å². The number of carbonyl (C=O) groups is 3. The van der Waals surface area contributed by atoms with Gasteiger partial charge in [0.05, 0.1) is 39.5 Å². The van der Waals surface area contributed by atoms with E-state index in [-0.39, 0.29) is 5.56 Å². The van der Waals surface area contributed by atoms with Crippen LogP contribution in [0.2, 0.25) is 0 Å². The first-order chi connectivity index (χ1) is 15.5. The summed E-state index contributed by atoms with van der Waals surface area (Å²) in [6.07, 6.45) is 0. The first-order valence-electron chi connectivity index (χ1n) is 10.7. The Morgan fingerprint density at radius 2 is 1.75 bits per heavy atom.